The number of hydrogen-bond acceptors (Lipinski definition) is 9. The second-order valence-corrected chi connectivity index (χ2v) is 2.99. The predicted octanol–water partition coefficient (Wildman–Crippen LogP) is -5.65. The zero-order valence-electron chi connectivity index (χ0n) is 10.6. The van der Waals surface area contributed by atoms with E-state index in [1.807, 2.05) is 0 Å². The molecule has 0 saturated carbocycles. The van der Waals surface area contributed by atoms with Crippen LogP contribution in [0.1, 0.15) is 20.8 Å². The first-order chi connectivity index (χ1) is 7.93. The molecule has 3 unspecified atom stereocenters. The van der Waals surface area contributed by atoms with Crippen molar-refractivity contribution in [2.75, 3.05) is 0 Å². The number of carboxylic acid groups (broad SMARTS) is 3. The van der Waals surface area contributed by atoms with Gasteiger partial charge in [0.1, 0.15) is 0 Å². The van der Waals surface area contributed by atoms with Gasteiger partial charge in [-0.25, -0.2) is 0 Å². The van der Waals surface area contributed by atoms with Crippen molar-refractivity contribution in [3.63, 3.8) is 0 Å². The number of rotatable bonds is 3. The zero-order valence-corrected chi connectivity index (χ0v) is 14.2. The summed E-state index contributed by atoms with van der Waals surface area (Å²) in [4.78, 5) is 28.0. The van der Waals surface area contributed by atoms with Crippen molar-refractivity contribution in [1.29, 1.82) is 0 Å². The molecule has 0 aromatic rings. The average molecular weight is 406 g/mol. The molecule has 9 nitrogen and oxygen atoms in total. The topological polar surface area (TPSA) is 181 Å². The number of carbonyl (C=O) groups excluding carboxylic acids is 3. The summed E-state index contributed by atoms with van der Waals surface area (Å²) in [5.74, 6) is -4.31. The molecule has 0 aliphatic rings. The minimum atomic E-state index is -1.44. The van der Waals surface area contributed by atoms with E-state index in [2.05, 4.69) is 0 Å². The van der Waals surface area contributed by atoms with Gasteiger partial charge in [-0.1, -0.05) is 0 Å². The first-order valence-corrected chi connectivity index (χ1v) is 4.60. The molecule has 0 spiro atoms. The van der Waals surface area contributed by atoms with Crippen LogP contribution in [-0.2, 0) is 14.4 Å². The standard InChI is InChI=1S/3C3H6O3.La/c3*1-2(4)3(5)6;/h3*2,4H,1H3,(H,5,6);/q;;;+3/p-3. The number of hydrogen-bond donors (Lipinski definition) is 3. The molecule has 0 aromatic carbocycles. The van der Waals surface area contributed by atoms with Crippen molar-refractivity contribution in [3.8, 4) is 0 Å². The molecule has 0 rings (SSSR count). The minimum absolute atomic E-state index is 0. The van der Waals surface area contributed by atoms with Gasteiger partial charge in [-0.2, -0.15) is 0 Å². The Morgan fingerprint density at radius 2 is 0.737 bits per heavy atom. The Labute approximate surface area is 137 Å². The molecule has 0 aromatic heterocycles. The molecule has 0 bridgehead atoms. The number of aliphatic hydroxyl groups is 3. The van der Waals surface area contributed by atoms with E-state index in [9.17, 15) is 29.7 Å². The molecule has 0 saturated heterocycles. The first kappa shape index (κ1) is 26.9. The summed E-state index contributed by atoms with van der Waals surface area (Å²) < 4.78 is 0. The third kappa shape index (κ3) is 31.8. The largest absolute Gasteiger partial charge is 3.00 e. The Morgan fingerprint density at radius 1 is 0.684 bits per heavy atom. The second-order valence-electron chi connectivity index (χ2n) is 2.99. The third-order valence-electron chi connectivity index (χ3n) is 1.02. The van der Waals surface area contributed by atoms with Crippen LogP contribution in [-0.4, -0.2) is 51.5 Å². The monoisotopic (exact) mass is 406 g/mol. The number of carboxylic acids is 3. The van der Waals surface area contributed by atoms with E-state index in [4.69, 9.17) is 15.3 Å². The Kier molecular flexibility index (Phi) is 22.0. The molecular formula is C9H15LaO9. The van der Waals surface area contributed by atoms with Crippen LogP contribution < -0.4 is 15.3 Å². The summed E-state index contributed by atoms with van der Waals surface area (Å²) in [7, 11) is 0. The summed E-state index contributed by atoms with van der Waals surface area (Å²) in [5.41, 5.74) is 0. The fourth-order valence-electron chi connectivity index (χ4n) is 0. The van der Waals surface area contributed by atoms with Crippen LogP contribution >= 0.6 is 0 Å². The van der Waals surface area contributed by atoms with Gasteiger partial charge in [0.15, 0.2) is 0 Å². The van der Waals surface area contributed by atoms with Gasteiger partial charge in [0, 0.05) is 0 Å². The van der Waals surface area contributed by atoms with E-state index < -0.39 is 36.2 Å². The normalized spacial score (nSPS) is 12.9. The van der Waals surface area contributed by atoms with Crippen molar-refractivity contribution in [3.05, 3.63) is 0 Å². The maximum absolute atomic E-state index is 9.34. The van der Waals surface area contributed by atoms with Gasteiger partial charge >= 0.3 is 35.6 Å². The Balaban J connectivity index is -0.0000000865. The summed E-state index contributed by atoms with van der Waals surface area (Å²) in [6.45, 7) is 3.40. The molecule has 3 atom stereocenters. The van der Waals surface area contributed by atoms with Crippen LogP contribution in [0, 0.1) is 35.6 Å². The van der Waals surface area contributed by atoms with Crippen LogP contribution in [0.5, 0.6) is 0 Å². The molecule has 0 amide bonds. The summed E-state index contributed by atoms with van der Waals surface area (Å²) in [6.07, 6.45) is -4.03. The van der Waals surface area contributed by atoms with Crippen LogP contribution in [0.25, 0.3) is 0 Å². The fourth-order valence-corrected chi connectivity index (χ4v) is 0. The fraction of sp³-hybridized carbons (Fsp3) is 0.667. The molecule has 108 valence electrons. The Bertz CT molecular complexity index is 220. The summed E-state index contributed by atoms with van der Waals surface area (Å²) >= 11 is 0. The second kappa shape index (κ2) is 15.5. The van der Waals surface area contributed by atoms with Crippen molar-refractivity contribution < 1.29 is 80.6 Å². The van der Waals surface area contributed by atoms with Gasteiger partial charge < -0.3 is 45.0 Å². The van der Waals surface area contributed by atoms with Crippen LogP contribution in [0.4, 0.5) is 0 Å². The van der Waals surface area contributed by atoms with E-state index in [0.717, 1.165) is 20.8 Å². The Hall–Kier alpha value is -0.515. The van der Waals surface area contributed by atoms with Crippen molar-refractivity contribution >= 4 is 17.9 Å². The van der Waals surface area contributed by atoms with Crippen LogP contribution in [0.3, 0.4) is 0 Å². The molecule has 3 N–H and O–H groups in total. The van der Waals surface area contributed by atoms with Gasteiger partial charge in [-0.05, 0) is 20.8 Å². The van der Waals surface area contributed by atoms with E-state index >= 15 is 0 Å². The van der Waals surface area contributed by atoms with Gasteiger partial charge in [-0.3, -0.25) is 0 Å². The molecule has 0 heterocycles. The van der Waals surface area contributed by atoms with E-state index in [1.54, 1.807) is 0 Å². The average Bonchev–Trinajstić information content (AvgIpc) is 2.18. The zero-order chi connectivity index (χ0) is 15.5. The van der Waals surface area contributed by atoms with Crippen LogP contribution in [0.2, 0.25) is 0 Å². The number of aliphatic hydroxyl groups excluding tert-OH is 3. The number of aliphatic carboxylic acids is 3. The SMILES string of the molecule is CC(O)C(=O)[O-].CC(O)C(=O)[O-].CC(O)C(=O)[O-].[La+3]. The van der Waals surface area contributed by atoms with E-state index in [-0.39, 0.29) is 35.6 Å². The van der Waals surface area contributed by atoms with Gasteiger partial charge in [-0.15, -0.1) is 0 Å². The quantitative estimate of drug-likeness (QED) is 0.412. The van der Waals surface area contributed by atoms with E-state index in [0.29, 0.717) is 0 Å². The summed E-state index contributed by atoms with van der Waals surface area (Å²) in [5, 5.41) is 51.9. The van der Waals surface area contributed by atoms with Crippen molar-refractivity contribution in [2.45, 2.75) is 39.1 Å². The molecular weight excluding hydrogens is 391 g/mol. The van der Waals surface area contributed by atoms with Gasteiger partial charge in [0.05, 0.1) is 36.2 Å². The smallest absolute Gasteiger partial charge is 0.547 e. The van der Waals surface area contributed by atoms with Gasteiger partial charge in [0.25, 0.3) is 0 Å². The summed E-state index contributed by atoms with van der Waals surface area (Å²) in [6, 6.07) is 0. The molecule has 0 aliphatic heterocycles. The maximum atomic E-state index is 9.34. The maximum Gasteiger partial charge on any atom is 3.00 e. The predicted molar refractivity (Wildman–Crippen MR) is 50.1 cm³/mol. The van der Waals surface area contributed by atoms with Crippen molar-refractivity contribution in [1.82, 2.24) is 0 Å². The van der Waals surface area contributed by atoms with E-state index in [1.165, 1.54) is 0 Å². The minimum Gasteiger partial charge on any atom is -0.547 e. The molecule has 10 heteroatoms. The number of carbonyl (C=O) groups is 3. The third-order valence-corrected chi connectivity index (χ3v) is 1.02. The van der Waals surface area contributed by atoms with Crippen LogP contribution in [0.15, 0.2) is 0 Å². The van der Waals surface area contributed by atoms with Gasteiger partial charge in [0.2, 0.25) is 0 Å². The molecule has 0 aliphatic carbocycles. The molecule has 0 radical (unpaired) electrons. The molecule has 0 fully saturated rings. The van der Waals surface area contributed by atoms with Crippen molar-refractivity contribution in [2.24, 2.45) is 0 Å². The Morgan fingerprint density at radius 3 is 0.737 bits per heavy atom. The first-order valence-electron chi connectivity index (χ1n) is 4.60. The molecule has 19 heavy (non-hydrogen) atoms.